The fourth-order valence-corrected chi connectivity index (χ4v) is 2.88. The lowest BCUT2D eigenvalue weighted by Crippen LogP contribution is -2.24. The number of rotatable bonds is 7. The fourth-order valence-electron chi connectivity index (χ4n) is 2.88. The van der Waals surface area contributed by atoms with E-state index in [1.807, 2.05) is 30.7 Å². The molecule has 0 atom stereocenters. The van der Waals surface area contributed by atoms with E-state index in [1.54, 1.807) is 36.8 Å². The van der Waals surface area contributed by atoms with E-state index in [2.05, 4.69) is 40.8 Å². The molecule has 3 aromatic heterocycles. The van der Waals surface area contributed by atoms with Gasteiger partial charge in [0.25, 0.3) is 5.91 Å². The van der Waals surface area contributed by atoms with Crippen LogP contribution in [0.25, 0.3) is 11.5 Å². The van der Waals surface area contributed by atoms with Crippen molar-refractivity contribution in [2.75, 3.05) is 5.32 Å². The number of benzene rings is 1. The van der Waals surface area contributed by atoms with Crippen molar-refractivity contribution in [1.82, 2.24) is 40.0 Å². The number of nitrogens with one attached hydrogen (secondary N) is 2. The summed E-state index contributed by atoms with van der Waals surface area (Å²) in [4.78, 5) is 29.0. The van der Waals surface area contributed by atoms with Crippen molar-refractivity contribution in [2.45, 2.75) is 20.0 Å². The van der Waals surface area contributed by atoms with Gasteiger partial charge < -0.3 is 15.2 Å². The number of aromatic nitrogens is 7. The van der Waals surface area contributed by atoms with Gasteiger partial charge in [-0.15, -0.1) is 10.2 Å². The molecule has 10 nitrogen and oxygen atoms in total. The van der Waals surface area contributed by atoms with Gasteiger partial charge in [-0.1, -0.05) is 6.07 Å². The van der Waals surface area contributed by atoms with Crippen molar-refractivity contribution >= 4 is 11.6 Å². The zero-order valence-corrected chi connectivity index (χ0v) is 17.1. The summed E-state index contributed by atoms with van der Waals surface area (Å²) < 4.78 is 1.87. The van der Waals surface area contributed by atoms with Gasteiger partial charge in [-0.25, -0.2) is 19.9 Å². The molecule has 0 aliphatic rings. The molecule has 0 unspecified atom stereocenters. The molecule has 0 radical (unpaired) electrons. The molecule has 0 spiro atoms. The Kier molecular flexibility index (Phi) is 5.88. The van der Waals surface area contributed by atoms with E-state index in [9.17, 15) is 4.79 Å². The summed E-state index contributed by atoms with van der Waals surface area (Å²) in [5.74, 6) is 1.76. The van der Waals surface area contributed by atoms with Gasteiger partial charge in [0.05, 0.1) is 13.1 Å². The number of nitrogens with zero attached hydrogens (tertiary/aromatic N) is 7. The second kappa shape index (κ2) is 9.08. The third-order valence-electron chi connectivity index (χ3n) is 4.59. The number of amides is 1. The second-order valence-electron chi connectivity index (χ2n) is 6.89. The molecular weight excluding hydrogens is 394 g/mol. The smallest absolute Gasteiger partial charge is 0.251 e. The Morgan fingerprint density at radius 2 is 1.90 bits per heavy atom. The highest BCUT2D eigenvalue weighted by molar-refractivity contribution is 5.95. The minimum atomic E-state index is -0.197. The summed E-state index contributed by atoms with van der Waals surface area (Å²) in [6, 6.07) is 9.04. The predicted molar refractivity (Wildman–Crippen MR) is 114 cm³/mol. The Morgan fingerprint density at radius 3 is 2.68 bits per heavy atom. The standard InChI is InChI=1S/C21H21N9O/c1-14-9-24-18(25-10-14)11-26-21(31)15-4-3-5-16(8-15)23-12-19-28-29-20(30(19)2)17-6-7-22-13-27-17/h3-10,13,23H,11-12H2,1-2H3,(H,26,31). The predicted octanol–water partition coefficient (Wildman–Crippen LogP) is 1.91. The average molecular weight is 415 g/mol. The summed E-state index contributed by atoms with van der Waals surface area (Å²) in [5, 5.41) is 14.6. The van der Waals surface area contributed by atoms with E-state index >= 15 is 0 Å². The van der Waals surface area contributed by atoms with E-state index in [0.29, 0.717) is 29.5 Å². The van der Waals surface area contributed by atoms with Crippen molar-refractivity contribution in [1.29, 1.82) is 0 Å². The lowest BCUT2D eigenvalue weighted by Gasteiger charge is -2.09. The maximum absolute atomic E-state index is 12.5. The van der Waals surface area contributed by atoms with E-state index in [-0.39, 0.29) is 12.5 Å². The quantitative estimate of drug-likeness (QED) is 0.469. The van der Waals surface area contributed by atoms with Crippen LogP contribution in [-0.4, -0.2) is 40.6 Å². The molecule has 0 saturated heterocycles. The maximum Gasteiger partial charge on any atom is 0.251 e. The van der Waals surface area contributed by atoms with Gasteiger partial charge in [0, 0.05) is 36.9 Å². The first-order valence-corrected chi connectivity index (χ1v) is 9.64. The first-order valence-electron chi connectivity index (χ1n) is 9.64. The molecule has 4 rings (SSSR count). The van der Waals surface area contributed by atoms with Crippen molar-refractivity contribution in [3.05, 3.63) is 78.0 Å². The van der Waals surface area contributed by atoms with Gasteiger partial charge in [-0.2, -0.15) is 0 Å². The van der Waals surface area contributed by atoms with Gasteiger partial charge in [0.2, 0.25) is 0 Å². The Bertz CT molecular complexity index is 1170. The van der Waals surface area contributed by atoms with Crippen molar-refractivity contribution in [3.63, 3.8) is 0 Å². The monoisotopic (exact) mass is 415 g/mol. The van der Waals surface area contributed by atoms with Crippen LogP contribution < -0.4 is 10.6 Å². The Labute approximate surface area is 178 Å². The largest absolute Gasteiger partial charge is 0.378 e. The maximum atomic E-state index is 12.5. The number of anilines is 1. The van der Waals surface area contributed by atoms with Crippen molar-refractivity contribution in [2.24, 2.45) is 7.05 Å². The molecule has 156 valence electrons. The summed E-state index contributed by atoms with van der Waals surface area (Å²) >= 11 is 0. The average Bonchev–Trinajstić information content (AvgIpc) is 3.18. The number of hydrogen-bond donors (Lipinski definition) is 2. The Balaban J connectivity index is 1.38. The molecular formula is C21H21N9O. The Morgan fingerprint density at radius 1 is 1.06 bits per heavy atom. The summed E-state index contributed by atoms with van der Waals surface area (Å²) in [5.41, 5.74) is 3.01. The topological polar surface area (TPSA) is 123 Å². The lowest BCUT2D eigenvalue weighted by molar-refractivity contribution is 0.0950. The SMILES string of the molecule is Cc1cnc(CNC(=O)c2cccc(NCc3nnc(-c4ccncn4)n3C)c2)nc1. The van der Waals surface area contributed by atoms with Gasteiger partial charge >= 0.3 is 0 Å². The molecule has 3 heterocycles. The Hall–Kier alpha value is -4.21. The van der Waals surface area contributed by atoms with Crippen molar-refractivity contribution in [3.8, 4) is 11.5 Å². The number of aryl methyl sites for hydroxylation is 1. The van der Waals surface area contributed by atoms with E-state index in [4.69, 9.17) is 0 Å². The highest BCUT2D eigenvalue weighted by atomic mass is 16.1. The van der Waals surface area contributed by atoms with Crippen LogP contribution in [0.1, 0.15) is 27.6 Å². The second-order valence-corrected chi connectivity index (χ2v) is 6.89. The van der Waals surface area contributed by atoms with Gasteiger partial charge in [-0.3, -0.25) is 4.79 Å². The van der Waals surface area contributed by atoms with Crippen LogP contribution in [0.3, 0.4) is 0 Å². The van der Waals surface area contributed by atoms with E-state index < -0.39 is 0 Å². The normalized spacial score (nSPS) is 10.6. The van der Waals surface area contributed by atoms with Gasteiger partial charge in [0.15, 0.2) is 11.6 Å². The summed E-state index contributed by atoms with van der Waals surface area (Å²) in [6.07, 6.45) is 6.59. The van der Waals surface area contributed by atoms with Gasteiger partial charge in [0.1, 0.15) is 17.8 Å². The van der Waals surface area contributed by atoms with Crippen LogP contribution in [0.15, 0.2) is 55.2 Å². The first kappa shape index (κ1) is 20.1. The van der Waals surface area contributed by atoms with E-state index in [0.717, 1.165) is 17.1 Å². The third-order valence-corrected chi connectivity index (χ3v) is 4.59. The zero-order valence-electron chi connectivity index (χ0n) is 17.1. The molecule has 1 amide bonds. The van der Waals surface area contributed by atoms with Gasteiger partial charge in [-0.05, 0) is 36.8 Å². The molecule has 0 bridgehead atoms. The third kappa shape index (κ3) is 4.86. The van der Waals surface area contributed by atoms with E-state index in [1.165, 1.54) is 6.33 Å². The van der Waals surface area contributed by atoms with Crippen LogP contribution in [0.2, 0.25) is 0 Å². The van der Waals surface area contributed by atoms with Crippen LogP contribution in [0.4, 0.5) is 5.69 Å². The van der Waals surface area contributed by atoms with Crippen LogP contribution in [0, 0.1) is 6.92 Å². The van der Waals surface area contributed by atoms with Crippen LogP contribution in [-0.2, 0) is 20.1 Å². The number of carbonyl (C=O) groups excluding carboxylic acids is 1. The van der Waals surface area contributed by atoms with Crippen LogP contribution in [0.5, 0.6) is 0 Å². The fraction of sp³-hybridized carbons (Fsp3) is 0.190. The summed E-state index contributed by atoms with van der Waals surface area (Å²) in [7, 11) is 1.88. The molecule has 0 aliphatic carbocycles. The highest BCUT2D eigenvalue weighted by Gasteiger charge is 2.12. The number of carbonyl (C=O) groups is 1. The summed E-state index contributed by atoms with van der Waals surface area (Å²) in [6.45, 7) is 2.62. The number of hydrogen-bond acceptors (Lipinski definition) is 8. The van der Waals surface area contributed by atoms with Crippen LogP contribution >= 0.6 is 0 Å². The molecule has 10 heteroatoms. The molecule has 2 N–H and O–H groups in total. The minimum Gasteiger partial charge on any atom is -0.378 e. The molecule has 0 fully saturated rings. The highest BCUT2D eigenvalue weighted by Crippen LogP contribution is 2.15. The molecule has 1 aromatic carbocycles. The lowest BCUT2D eigenvalue weighted by atomic mass is 10.2. The first-order chi connectivity index (χ1) is 15.1. The zero-order chi connectivity index (χ0) is 21.6. The van der Waals surface area contributed by atoms with Crippen molar-refractivity contribution < 1.29 is 4.79 Å². The molecule has 0 aliphatic heterocycles. The molecule has 31 heavy (non-hydrogen) atoms. The molecule has 0 saturated carbocycles. The minimum absolute atomic E-state index is 0.197. The molecule has 4 aromatic rings.